The van der Waals surface area contributed by atoms with Crippen molar-refractivity contribution in [3.63, 3.8) is 0 Å². The molecule has 0 aliphatic carbocycles. The fourth-order valence-electron chi connectivity index (χ4n) is 3.29. The number of hydrogen-bond donors (Lipinski definition) is 1. The Morgan fingerprint density at radius 2 is 1.67 bits per heavy atom. The standard InChI is InChI=1S/C20H21ClN2O4/c1-27-20(26)18(14-6-2-4-8-16(14)21)22-10-12-23(13-11-22)19(25)15-7-3-5-9-17(15)24/h2-9,18,24H,10-13H2,1H3. The van der Waals surface area contributed by atoms with Gasteiger partial charge in [0.2, 0.25) is 0 Å². The van der Waals surface area contributed by atoms with E-state index in [9.17, 15) is 14.7 Å². The Labute approximate surface area is 162 Å². The third kappa shape index (κ3) is 4.07. The van der Waals surface area contributed by atoms with Gasteiger partial charge in [-0.2, -0.15) is 0 Å². The molecule has 1 atom stereocenters. The number of esters is 1. The lowest BCUT2D eigenvalue weighted by Gasteiger charge is -2.38. The summed E-state index contributed by atoms with van der Waals surface area (Å²) in [4.78, 5) is 28.7. The lowest BCUT2D eigenvalue weighted by Crippen LogP contribution is -2.51. The molecule has 0 aromatic heterocycles. The number of hydrogen-bond acceptors (Lipinski definition) is 5. The van der Waals surface area contributed by atoms with Crippen LogP contribution in [0.2, 0.25) is 5.02 Å². The van der Waals surface area contributed by atoms with E-state index in [4.69, 9.17) is 16.3 Å². The molecule has 0 radical (unpaired) electrons. The molecule has 0 saturated carbocycles. The van der Waals surface area contributed by atoms with Crippen LogP contribution >= 0.6 is 11.6 Å². The van der Waals surface area contributed by atoms with Crippen LogP contribution in [-0.2, 0) is 9.53 Å². The van der Waals surface area contributed by atoms with Crippen molar-refractivity contribution in [2.45, 2.75) is 6.04 Å². The first-order valence-electron chi connectivity index (χ1n) is 8.66. The quantitative estimate of drug-likeness (QED) is 0.815. The summed E-state index contributed by atoms with van der Waals surface area (Å²) < 4.78 is 4.98. The molecule has 2 aromatic carbocycles. The summed E-state index contributed by atoms with van der Waals surface area (Å²) in [7, 11) is 1.35. The van der Waals surface area contributed by atoms with Crippen LogP contribution in [0.25, 0.3) is 0 Å². The van der Waals surface area contributed by atoms with Crippen molar-refractivity contribution in [3.05, 3.63) is 64.7 Å². The molecule has 1 heterocycles. The van der Waals surface area contributed by atoms with E-state index < -0.39 is 6.04 Å². The number of para-hydroxylation sites is 1. The number of carbonyl (C=O) groups excluding carboxylic acids is 2. The average molecular weight is 389 g/mol. The van der Waals surface area contributed by atoms with E-state index in [2.05, 4.69) is 0 Å². The smallest absolute Gasteiger partial charge is 0.327 e. The molecule has 1 fully saturated rings. The highest BCUT2D eigenvalue weighted by molar-refractivity contribution is 6.31. The van der Waals surface area contributed by atoms with Crippen LogP contribution < -0.4 is 0 Å². The van der Waals surface area contributed by atoms with Crippen LogP contribution in [0.15, 0.2) is 48.5 Å². The molecule has 6 nitrogen and oxygen atoms in total. The number of nitrogens with zero attached hydrogens (tertiary/aromatic N) is 2. The molecule has 1 unspecified atom stereocenters. The van der Waals surface area contributed by atoms with Crippen molar-refractivity contribution in [2.75, 3.05) is 33.3 Å². The molecule has 1 amide bonds. The molecule has 1 saturated heterocycles. The van der Waals surface area contributed by atoms with E-state index in [1.165, 1.54) is 13.2 Å². The van der Waals surface area contributed by atoms with Crippen LogP contribution in [-0.4, -0.2) is 60.1 Å². The van der Waals surface area contributed by atoms with Crippen LogP contribution in [0.5, 0.6) is 5.75 Å². The average Bonchev–Trinajstić information content (AvgIpc) is 2.70. The second kappa shape index (κ2) is 8.41. The van der Waals surface area contributed by atoms with Crippen molar-refractivity contribution in [3.8, 4) is 5.75 Å². The van der Waals surface area contributed by atoms with Crippen LogP contribution in [0, 0.1) is 0 Å². The maximum absolute atomic E-state index is 12.6. The second-order valence-electron chi connectivity index (χ2n) is 6.29. The number of carbonyl (C=O) groups is 2. The molecule has 2 aromatic rings. The van der Waals surface area contributed by atoms with E-state index in [1.807, 2.05) is 23.1 Å². The second-order valence-corrected chi connectivity index (χ2v) is 6.70. The maximum Gasteiger partial charge on any atom is 0.327 e. The Morgan fingerprint density at radius 1 is 1.04 bits per heavy atom. The lowest BCUT2D eigenvalue weighted by molar-refractivity contribution is -0.148. The van der Waals surface area contributed by atoms with Crippen LogP contribution in [0.3, 0.4) is 0 Å². The summed E-state index contributed by atoms with van der Waals surface area (Å²) in [5.41, 5.74) is 0.966. The Morgan fingerprint density at radius 3 is 2.30 bits per heavy atom. The first kappa shape index (κ1) is 19.2. The van der Waals surface area contributed by atoms with E-state index in [1.54, 1.807) is 29.2 Å². The zero-order valence-electron chi connectivity index (χ0n) is 15.0. The minimum absolute atomic E-state index is 0.0339. The fourth-order valence-corrected chi connectivity index (χ4v) is 3.53. The minimum atomic E-state index is -0.619. The van der Waals surface area contributed by atoms with Crippen molar-refractivity contribution in [1.29, 1.82) is 0 Å². The van der Waals surface area contributed by atoms with Gasteiger partial charge in [-0.1, -0.05) is 41.9 Å². The number of phenols is 1. The van der Waals surface area contributed by atoms with Gasteiger partial charge in [0, 0.05) is 31.2 Å². The van der Waals surface area contributed by atoms with Gasteiger partial charge >= 0.3 is 5.97 Å². The number of amides is 1. The molecule has 1 N–H and O–H groups in total. The number of benzene rings is 2. The van der Waals surface area contributed by atoms with Crippen molar-refractivity contribution in [2.24, 2.45) is 0 Å². The first-order valence-corrected chi connectivity index (χ1v) is 9.04. The lowest BCUT2D eigenvalue weighted by atomic mass is 10.0. The third-order valence-electron chi connectivity index (χ3n) is 4.73. The predicted octanol–water partition coefficient (Wildman–Crippen LogP) is 2.72. The molecule has 1 aliphatic heterocycles. The van der Waals surface area contributed by atoms with Gasteiger partial charge < -0.3 is 14.7 Å². The van der Waals surface area contributed by atoms with E-state index in [0.29, 0.717) is 36.8 Å². The normalized spacial score (nSPS) is 16.0. The van der Waals surface area contributed by atoms with Crippen molar-refractivity contribution >= 4 is 23.5 Å². The highest BCUT2D eigenvalue weighted by Gasteiger charge is 2.34. The Hall–Kier alpha value is -2.57. The molecule has 0 bridgehead atoms. The number of aromatic hydroxyl groups is 1. The van der Waals surface area contributed by atoms with E-state index >= 15 is 0 Å². The number of phenolic OH excluding ortho intramolecular Hbond substituents is 1. The molecule has 27 heavy (non-hydrogen) atoms. The molecule has 7 heteroatoms. The van der Waals surface area contributed by atoms with Crippen LogP contribution in [0.1, 0.15) is 22.0 Å². The molecular formula is C20H21ClN2O4. The summed E-state index contributed by atoms with van der Waals surface area (Å²) in [5, 5.41) is 10.4. The summed E-state index contributed by atoms with van der Waals surface area (Å²) in [6.45, 7) is 1.85. The van der Waals surface area contributed by atoms with Gasteiger partial charge in [-0.05, 0) is 23.8 Å². The molecular weight excluding hydrogens is 368 g/mol. The molecule has 1 aliphatic rings. The summed E-state index contributed by atoms with van der Waals surface area (Å²) in [5.74, 6) is -0.642. The van der Waals surface area contributed by atoms with E-state index in [0.717, 1.165) is 0 Å². The van der Waals surface area contributed by atoms with E-state index in [-0.39, 0.29) is 23.2 Å². The highest BCUT2D eigenvalue weighted by Crippen LogP contribution is 2.30. The van der Waals surface area contributed by atoms with Gasteiger partial charge in [0.15, 0.2) is 0 Å². The number of halogens is 1. The summed E-state index contributed by atoms with van der Waals surface area (Å²) >= 11 is 6.29. The maximum atomic E-state index is 12.6. The minimum Gasteiger partial charge on any atom is -0.507 e. The molecule has 0 spiro atoms. The summed E-state index contributed by atoms with van der Waals surface area (Å²) in [6.07, 6.45) is 0. The highest BCUT2D eigenvalue weighted by atomic mass is 35.5. The summed E-state index contributed by atoms with van der Waals surface area (Å²) in [6, 6.07) is 13.1. The molecule has 3 rings (SSSR count). The Balaban J connectivity index is 1.75. The Kier molecular flexibility index (Phi) is 5.98. The zero-order chi connectivity index (χ0) is 19.4. The van der Waals surface area contributed by atoms with Gasteiger partial charge in [0.25, 0.3) is 5.91 Å². The van der Waals surface area contributed by atoms with Gasteiger partial charge in [0.1, 0.15) is 11.8 Å². The fraction of sp³-hybridized carbons (Fsp3) is 0.300. The number of methoxy groups -OCH3 is 1. The SMILES string of the molecule is COC(=O)C(c1ccccc1Cl)N1CCN(C(=O)c2ccccc2O)CC1. The van der Waals surface area contributed by atoms with Crippen LogP contribution in [0.4, 0.5) is 0 Å². The third-order valence-corrected chi connectivity index (χ3v) is 5.07. The van der Waals surface area contributed by atoms with Gasteiger partial charge in [-0.3, -0.25) is 9.69 Å². The van der Waals surface area contributed by atoms with Crippen molar-refractivity contribution < 1.29 is 19.4 Å². The van der Waals surface area contributed by atoms with Gasteiger partial charge in [-0.15, -0.1) is 0 Å². The monoisotopic (exact) mass is 388 g/mol. The number of rotatable bonds is 4. The number of ether oxygens (including phenoxy) is 1. The van der Waals surface area contributed by atoms with Gasteiger partial charge in [-0.25, -0.2) is 4.79 Å². The van der Waals surface area contributed by atoms with Gasteiger partial charge in [0.05, 0.1) is 12.7 Å². The van der Waals surface area contributed by atoms with Crippen molar-refractivity contribution in [1.82, 2.24) is 9.80 Å². The topological polar surface area (TPSA) is 70.1 Å². The predicted molar refractivity (Wildman–Crippen MR) is 102 cm³/mol. The zero-order valence-corrected chi connectivity index (χ0v) is 15.7. The first-order chi connectivity index (χ1) is 13.0. The molecule has 142 valence electrons. The largest absolute Gasteiger partial charge is 0.507 e. The number of piperazine rings is 1. The Bertz CT molecular complexity index is 834.